The molecule has 0 amide bonds. The van der Waals surface area contributed by atoms with Crippen molar-refractivity contribution in [2.75, 3.05) is 0 Å². The SMILES string of the molecule is Bc1[nH]nc2cccc(C)c12. The van der Waals surface area contributed by atoms with E-state index in [1.54, 1.807) is 0 Å². The fourth-order valence-electron chi connectivity index (χ4n) is 1.43. The lowest BCUT2D eigenvalue weighted by molar-refractivity contribution is 1.14. The van der Waals surface area contributed by atoms with E-state index < -0.39 is 0 Å². The van der Waals surface area contributed by atoms with E-state index >= 15 is 0 Å². The molecule has 1 N–H and O–H groups in total. The van der Waals surface area contributed by atoms with Crippen LogP contribution in [0.4, 0.5) is 0 Å². The minimum absolute atomic E-state index is 1.06. The largest absolute Gasteiger partial charge is 0.291 e. The Balaban J connectivity index is 2.96. The van der Waals surface area contributed by atoms with Crippen LogP contribution in [0.3, 0.4) is 0 Å². The molecule has 2 rings (SSSR count). The molecule has 0 radical (unpaired) electrons. The smallest absolute Gasteiger partial charge is 0.164 e. The van der Waals surface area contributed by atoms with Crippen LogP contribution in [0.15, 0.2) is 18.2 Å². The second-order valence-corrected chi connectivity index (χ2v) is 2.82. The van der Waals surface area contributed by atoms with Gasteiger partial charge in [0.05, 0.1) is 5.52 Å². The molecule has 1 heterocycles. The first kappa shape index (κ1) is 6.46. The summed E-state index contributed by atoms with van der Waals surface area (Å²) in [5, 5.41) is 8.38. The molecular weight excluding hydrogens is 135 g/mol. The van der Waals surface area contributed by atoms with Gasteiger partial charge in [0.15, 0.2) is 7.85 Å². The Labute approximate surface area is 66.0 Å². The lowest BCUT2D eigenvalue weighted by Crippen LogP contribution is -2.03. The highest BCUT2D eigenvalue weighted by Gasteiger charge is 2.01. The molecule has 54 valence electrons. The first-order valence-electron chi connectivity index (χ1n) is 3.69. The average Bonchev–Trinajstić information content (AvgIpc) is 2.34. The van der Waals surface area contributed by atoms with E-state index in [-0.39, 0.29) is 0 Å². The van der Waals surface area contributed by atoms with Crippen LogP contribution in [0.2, 0.25) is 0 Å². The third-order valence-electron chi connectivity index (χ3n) is 1.97. The predicted molar refractivity (Wildman–Crippen MR) is 49.0 cm³/mol. The quantitative estimate of drug-likeness (QED) is 0.523. The zero-order valence-corrected chi connectivity index (χ0v) is 6.68. The number of aromatic nitrogens is 2. The summed E-state index contributed by atoms with van der Waals surface area (Å²) in [4.78, 5) is 0. The van der Waals surface area contributed by atoms with Gasteiger partial charge in [0.1, 0.15) is 0 Å². The maximum atomic E-state index is 4.15. The molecule has 2 aromatic rings. The zero-order valence-electron chi connectivity index (χ0n) is 6.68. The number of nitrogens with one attached hydrogen (secondary N) is 1. The van der Waals surface area contributed by atoms with Crippen molar-refractivity contribution in [3.63, 3.8) is 0 Å². The molecule has 0 aliphatic heterocycles. The standard InChI is InChI=1S/C8H9BN2/c1-5-3-2-4-6-7(5)8(9)11-10-6/h2-4H,9H2,1H3,(H,10,11). The normalized spacial score (nSPS) is 10.6. The molecule has 0 saturated carbocycles. The van der Waals surface area contributed by atoms with E-state index in [2.05, 4.69) is 23.2 Å². The van der Waals surface area contributed by atoms with E-state index in [1.807, 2.05) is 20.0 Å². The summed E-state index contributed by atoms with van der Waals surface area (Å²) in [5.41, 5.74) is 3.49. The van der Waals surface area contributed by atoms with Crippen LogP contribution in [-0.2, 0) is 0 Å². The van der Waals surface area contributed by atoms with Gasteiger partial charge in [-0.3, -0.25) is 5.10 Å². The minimum atomic E-state index is 1.06. The Bertz CT molecular complexity index is 392. The fourth-order valence-corrected chi connectivity index (χ4v) is 1.43. The van der Waals surface area contributed by atoms with Crippen LogP contribution < -0.4 is 5.59 Å². The van der Waals surface area contributed by atoms with Crippen molar-refractivity contribution >= 4 is 24.3 Å². The van der Waals surface area contributed by atoms with Gasteiger partial charge < -0.3 is 0 Å². The second-order valence-electron chi connectivity index (χ2n) is 2.82. The number of nitrogens with zero attached hydrogens (tertiary/aromatic N) is 1. The minimum Gasteiger partial charge on any atom is -0.291 e. The van der Waals surface area contributed by atoms with E-state index in [0.29, 0.717) is 0 Å². The van der Waals surface area contributed by atoms with Crippen LogP contribution in [0.5, 0.6) is 0 Å². The molecule has 0 atom stereocenters. The van der Waals surface area contributed by atoms with E-state index in [1.165, 1.54) is 10.9 Å². The van der Waals surface area contributed by atoms with Crippen LogP contribution in [0.25, 0.3) is 10.9 Å². The van der Waals surface area contributed by atoms with Gasteiger partial charge in [0.25, 0.3) is 0 Å². The van der Waals surface area contributed by atoms with Crippen molar-refractivity contribution in [1.82, 2.24) is 10.2 Å². The number of hydrogen-bond acceptors (Lipinski definition) is 1. The first-order valence-corrected chi connectivity index (χ1v) is 3.69. The summed E-state index contributed by atoms with van der Waals surface area (Å²) in [6.45, 7) is 2.10. The van der Waals surface area contributed by atoms with Gasteiger partial charge in [-0.2, -0.15) is 5.10 Å². The molecule has 0 unspecified atom stereocenters. The molecule has 0 saturated heterocycles. The molecule has 0 fully saturated rings. The number of rotatable bonds is 0. The molecule has 11 heavy (non-hydrogen) atoms. The number of H-pyrrole nitrogens is 1. The zero-order chi connectivity index (χ0) is 7.84. The van der Waals surface area contributed by atoms with Gasteiger partial charge >= 0.3 is 0 Å². The first-order chi connectivity index (χ1) is 5.29. The Morgan fingerprint density at radius 2 is 2.27 bits per heavy atom. The van der Waals surface area contributed by atoms with Crippen molar-refractivity contribution in [3.05, 3.63) is 23.8 Å². The highest BCUT2D eigenvalue weighted by Crippen LogP contribution is 2.11. The van der Waals surface area contributed by atoms with E-state index in [9.17, 15) is 0 Å². The lowest BCUT2D eigenvalue weighted by atomic mass is 9.97. The predicted octanol–water partition coefficient (Wildman–Crippen LogP) is 0.130. The van der Waals surface area contributed by atoms with Crippen LogP contribution in [-0.4, -0.2) is 18.0 Å². The molecule has 1 aromatic carbocycles. The van der Waals surface area contributed by atoms with Crippen LogP contribution in [0.1, 0.15) is 5.56 Å². The van der Waals surface area contributed by atoms with Crippen molar-refractivity contribution < 1.29 is 0 Å². The summed E-state index contributed by atoms with van der Waals surface area (Å²) in [5.74, 6) is 0. The van der Waals surface area contributed by atoms with Crippen molar-refractivity contribution in [3.8, 4) is 0 Å². The van der Waals surface area contributed by atoms with Gasteiger partial charge in [-0.15, -0.1) is 0 Å². The third kappa shape index (κ3) is 0.844. The van der Waals surface area contributed by atoms with Crippen molar-refractivity contribution in [2.24, 2.45) is 0 Å². The topological polar surface area (TPSA) is 28.7 Å². The molecule has 2 nitrogen and oxygen atoms in total. The summed E-state index contributed by atoms with van der Waals surface area (Å²) in [6, 6.07) is 6.15. The van der Waals surface area contributed by atoms with Gasteiger partial charge in [-0.25, -0.2) is 0 Å². The number of benzene rings is 1. The van der Waals surface area contributed by atoms with Gasteiger partial charge in [0.2, 0.25) is 0 Å². The van der Waals surface area contributed by atoms with E-state index in [4.69, 9.17) is 0 Å². The molecular formula is C8H9BN2. The Morgan fingerprint density at radius 1 is 1.45 bits per heavy atom. The number of aryl methyl sites for hydroxylation is 1. The molecule has 0 aliphatic carbocycles. The number of hydrogen-bond donors (Lipinski definition) is 1. The summed E-state index contributed by atoms with van der Waals surface area (Å²) in [7, 11) is 2.04. The van der Waals surface area contributed by atoms with Gasteiger partial charge in [-0.05, 0) is 24.1 Å². The lowest BCUT2D eigenvalue weighted by Gasteiger charge is -1.93. The highest BCUT2D eigenvalue weighted by atomic mass is 15.1. The maximum Gasteiger partial charge on any atom is 0.164 e. The number of fused-ring (bicyclic) bond motifs is 1. The van der Waals surface area contributed by atoms with Gasteiger partial charge in [-0.1, -0.05) is 12.1 Å². The van der Waals surface area contributed by atoms with Crippen LogP contribution >= 0.6 is 0 Å². The molecule has 0 aliphatic rings. The Morgan fingerprint density at radius 3 is 3.00 bits per heavy atom. The van der Waals surface area contributed by atoms with Crippen LogP contribution in [0, 0.1) is 6.92 Å². The summed E-state index contributed by atoms with van der Waals surface area (Å²) >= 11 is 0. The average molecular weight is 144 g/mol. The third-order valence-corrected chi connectivity index (χ3v) is 1.97. The monoisotopic (exact) mass is 144 g/mol. The number of aromatic amines is 1. The summed E-state index contributed by atoms with van der Waals surface area (Å²) in [6.07, 6.45) is 0. The summed E-state index contributed by atoms with van der Waals surface area (Å²) < 4.78 is 0. The van der Waals surface area contributed by atoms with E-state index in [0.717, 1.165) is 11.1 Å². The fraction of sp³-hybridized carbons (Fsp3) is 0.125. The maximum absolute atomic E-state index is 4.15. The van der Waals surface area contributed by atoms with Crippen molar-refractivity contribution in [2.45, 2.75) is 6.92 Å². The second kappa shape index (κ2) is 2.12. The molecule has 3 heteroatoms. The highest BCUT2D eigenvalue weighted by molar-refractivity contribution is 6.37. The Kier molecular flexibility index (Phi) is 1.25. The molecule has 1 aromatic heterocycles. The Hall–Kier alpha value is -1.25. The molecule has 0 spiro atoms. The van der Waals surface area contributed by atoms with Crippen molar-refractivity contribution in [1.29, 1.82) is 0 Å². The molecule has 0 bridgehead atoms. The van der Waals surface area contributed by atoms with Gasteiger partial charge in [0, 0.05) is 5.39 Å².